The van der Waals surface area contributed by atoms with Gasteiger partial charge in [-0.1, -0.05) is 25.1 Å². The maximum Gasteiger partial charge on any atom is 0.127 e. The third-order valence-corrected chi connectivity index (χ3v) is 2.66. The van der Waals surface area contributed by atoms with Crippen LogP contribution in [0.5, 0.6) is 0 Å². The van der Waals surface area contributed by atoms with Crippen LogP contribution in [-0.2, 0) is 0 Å². The second-order valence-corrected chi connectivity index (χ2v) is 3.87. The number of aliphatic hydroxyl groups is 1. The lowest BCUT2D eigenvalue weighted by Gasteiger charge is -2.17. The molecule has 0 fully saturated rings. The number of rotatable bonds is 7. The highest BCUT2D eigenvalue weighted by Crippen LogP contribution is 2.19. The zero-order valence-electron chi connectivity index (χ0n) is 9.75. The van der Waals surface area contributed by atoms with E-state index in [9.17, 15) is 4.39 Å². The van der Waals surface area contributed by atoms with Crippen molar-refractivity contribution in [2.45, 2.75) is 32.2 Å². The molecule has 0 bridgehead atoms. The molecule has 0 aliphatic rings. The number of unbranched alkanes of at least 4 members (excludes halogenated alkanes) is 1. The molecule has 0 aromatic heterocycles. The molecule has 0 radical (unpaired) electrons. The van der Waals surface area contributed by atoms with Crippen molar-refractivity contribution >= 4 is 0 Å². The number of benzene rings is 1. The molecule has 1 rings (SSSR count). The first-order chi connectivity index (χ1) is 7.79. The first kappa shape index (κ1) is 13.1. The highest BCUT2D eigenvalue weighted by Gasteiger charge is 2.11. The topological polar surface area (TPSA) is 32.3 Å². The van der Waals surface area contributed by atoms with E-state index in [4.69, 9.17) is 5.11 Å². The predicted molar refractivity (Wildman–Crippen MR) is 63.8 cm³/mol. The van der Waals surface area contributed by atoms with Gasteiger partial charge in [0.1, 0.15) is 5.82 Å². The van der Waals surface area contributed by atoms with Gasteiger partial charge in [-0.25, -0.2) is 4.39 Å². The normalized spacial score (nSPS) is 12.7. The number of nitrogens with one attached hydrogen (secondary N) is 1. The molecule has 16 heavy (non-hydrogen) atoms. The molecule has 1 unspecified atom stereocenters. The minimum atomic E-state index is -0.149. The Kier molecular flexibility index (Phi) is 6.04. The lowest BCUT2D eigenvalue weighted by molar-refractivity contribution is 0.282. The lowest BCUT2D eigenvalue weighted by Crippen LogP contribution is -2.23. The predicted octanol–water partition coefficient (Wildman–Crippen LogP) is 2.64. The minimum absolute atomic E-state index is 0.0693. The van der Waals surface area contributed by atoms with Crippen molar-refractivity contribution in [2.24, 2.45) is 0 Å². The summed E-state index contributed by atoms with van der Waals surface area (Å²) in [6.07, 6.45) is 2.57. The molecule has 1 aromatic rings. The quantitative estimate of drug-likeness (QED) is 0.699. The van der Waals surface area contributed by atoms with Crippen molar-refractivity contribution in [3.05, 3.63) is 35.6 Å². The minimum Gasteiger partial charge on any atom is -0.396 e. The van der Waals surface area contributed by atoms with Crippen LogP contribution in [0, 0.1) is 5.82 Å². The molecule has 3 heteroatoms. The maximum absolute atomic E-state index is 13.5. The Hall–Kier alpha value is -0.930. The van der Waals surface area contributed by atoms with Gasteiger partial charge in [0.2, 0.25) is 0 Å². The van der Waals surface area contributed by atoms with E-state index in [1.54, 1.807) is 6.07 Å². The molecule has 2 N–H and O–H groups in total. The number of hydrogen-bond donors (Lipinski definition) is 2. The first-order valence-electron chi connectivity index (χ1n) is 5.88. The van der Waals surface area contributed by atoms with Gasteiger partial charge in [-0.05, 0) is 31.9 Å². The number of aliphatic hydroxyl groups excluding tert-OH is 1. The Bertz CT molecular complexity index is 304. The van der Waals surface area contributed by atoms with Crippen molar-refractivity contribution < 1.29 is 9.50 Å². The summed E-state index contributed by atoms with van der Waals surface area (Å²) in [5, 5.41) is 12.0. The van der Waals surface area contributed by atoms with E-state index in [0.29, 0.717) is 0 Å². The molecule has 0 heterocycles. The fraction of sp³-hybridized carbons (Fsp3) is 0.538. The summed E-state index contributed by atoms with van der Waals surface area (Å²) in [4.78, 5) is 0. The molecule has 90 valence electrons. The van der Waals surface area contributed by atoms with Gasteiger partial charge in [-0.2, -0.15) is 0 Å². The Morgan fingerprint density at radius 3 is 2.69 bits per heavy atom. The Balaban J connectivity index is 2.51. The molecule has 0 saturated carbocycles. The molecule has 0 aliphatic carbocycles. The smallest absolute Gasteiger partial charge is 0.127 e. The lowest BCUT2D eigenvalue weighted by atomic mass is 10.0. The Labute approximate surface area is 96.5 Å². The number of hydrogen-bond acceptors (Lipinski definition) is 2. The van der Waals surface area contributed by atoms with E-state index >= 15 is 0 Å². The summed E-state index contributed by atoms with van der Waals surface area (Å²) >= 11 is 0. The summed E-state index contributed by atoms with van der Waals surface area (Å²) in [5.41, 5.74) is 0.731. The molecule has 0 saturated heterocycles. The monoisotopic (exact) mass is 225 g/mol. The van der Waals surface area contributed by atoms with Gasteiger partial charge in [-0.3, -0.25) is 0 Å². The van der Waals surface area contributed by atoms with Crippen LogP contribution >= 0.6 is 0 Å². The summed E-state index contributed by atoms with van der Waals surface area (Å²) < 4.78 is 13.5. The van der Waals surface area contributed by atoms with Crippen molar-refractivity contribution in [3.8, 4) is 0 Å². The van der Waals surface area contributed by atoms with Crippen molar-refractivity contribution in [1.82, 2.24) is 5.32 Å². The average molecular weight is 225 g/mol. The fourth-order valence-corrected chi connectivity index (χ4v) is 1.74. The first-order valence-corrected chi connectivity index (χ1v) is 5.88. The standard InChI is InChI=1S/C13H20FNO/c1-2-13(15-9-5-6-10-16)11-7-3-4-8-12(11)14/h3-4,7-8,13,15-16H,2,5-6,9-10H2,1H3. The molecular formula is C13H20FNO. The van der Waals surface area contributed by atoms with Crippen LogP contribution in [-0.4, -0.2) is 18.3 Å². The van der Waals surface area contributed by atoms with Gasteiger partial charge < -0.3 is 10.4 Å². The molecule has 2 nitrogen and oxygen atoms in total. The van der Waals surface area contributed by atoms with Crippen LogP contribution < -0.4 is 5.32 Å². The molecule has 0 spiro atoms. The van der Waals surface area contributed by atoms with Crippen molar-refractivity contribution in [2.75, 3.05) is 13.2 Å². The molecular weight excluding hydrogens is 205 g/mol. The fourth-order valence-electron chi connectivity index (χ4n) is 1.74. The SMILES string of the molecule is CCC(NCCCCO)c1ccccc1F. The van der Waals surface area contributed by atoms with Crippen LogP contribution in [0.2, 0.25) is 0 Å². The van der Waals surface area contributed by atoms with Crippen molar-refractivity contribution in [3.63, 3.8) is 0 Å². The van der Waals surface area contributed by atoms with Gasteiger partial charge in [-0.15, -0.1) is 0 Å². The molecule has 1 aromatic carbocycles. The second-order valence-electron chi connectivity index (χ2n) is 3.87. The third kappa shape index (κ3) is 3.91. The summed E-state index contributed by atoms with van der Waals surface area (Å²) in [6.45, 7) is 3.07. The van der Waals surface area contributed by atoms with Crippen LogP contribution in [0.15, 0.2) is 24.3 Å². The highest BCUT2D eigenvalue weighted by molar-refractivity contribution is 5.20. The van der Waals surface area contributed by atoms with E-state index < -0.39 is 0 Å². The van der Waals surface area contributed by atoms with E-state index in [1.165, 1.54) is 6.07 Å². The Morgan fingerprint density at radius 2 is 2.06 bits per heavy atom. The summed E-state index contributed by atoms with van der Waals surface area (Å²) in [5.74, 6) is -0.149. The Morgan fingerprint density at radius 1 is 1.31 bits per heavy atom. The average Bonchev–Trinajstić information content (AvgIpc) is 2.31. The molecule has 0 amide bonds. The van der Waals surface area contributed by atoms with Gasteiger partial charge in [0.05, 0.1) is 0 Å². The van der Waals surface area contributed by atoms with Crippen LogP contribution in [0.3, 0.4) is 0 Å². The summed E-state index contributed by atoms with van der Waals surface area (Å²) in [6, 6.07) is 6.95. The van der Waals surface area contributed by atoms with E-state index in [2.05, 4.69) is 5.32 Å². The number of halogens is 1. The molecule has 1 atom stereocenters. The van der Waals surface area contributed by atoms with Gasteiger partial charge in [0.15, 0.2) is 0 Å². The van der Waals surface area contributed by atoms with Crippen LogP contribution in [0.1, 0.15) is 37.8 Å². The largest absolute Gasteiger partial charge is 0.396 e. The van der Waals surface area contributed by atoms with Crippen LogP contribution in [0.25, 0.3) is 0 Å². The molecule has 0 aliphatic heterocycles. The van der Waals surface area contributed by atoms with E-state index in [-0.39, 0.29) is 18.5 Å². The van der Waals surface area contributed by atoms with Gasteiger partial charge in [0, 0.05) is 18.2 Å². The zero-order valence-corrected chi connectivity index (χ0v) is 9.75. The summed E-state index contributed by atoms with van der Waals surface area (Å²) in [7, 11) is 0. The van der Waals surface area contributed by atoms with Crippen LogP contribution in [0.4, 0.5) is 4.39 Å². The van der Waals surface area contributed by atoms with E-state index in [0.717, 1.165) is 31.4 Å². The third-order valence-electron chi connectivity index (χ3n) is 2.66. The second kappa shape index (κ2) is 7.36. The van der Waals surface area contributed by atoms with E-state index in [1.807, 2.05) is 19.1 Å². The van der Waals surface area contributed by atoms with Gasteiger partial charge >= 0.3 is 0 Å². The van der Waals surface area contributed by atoms with Crippen molar-refractivity contribution in [1.29, 1.82) is 0 Å². The zero-order chi connectivity index (χ0) is 11.8. The van der Waals surface area contributed by atoms with Gasteiger partial charge in [0.25, 0.3) is 0 Å². The maximum atomic E-state index is 13.5. The highest BCUT2D eigenvalue weighted by atomic mass is 19.1.